The standard InChI is InChI=1S/C28H26ClFN6O/c1-3-25(37)32-20-6-4-5-18(15-20)26-22(29)9-7-19-17-31-28(34-27(19)26)33-24-10-8-21(16-23(24)30)36-13-11-35(2)12-14-36/h3-10,15-17H,1,11-14H2,2H3,(H,32,37)(H,31,33,34). The summed E-state index contributed by atoms with van der Waals surface area (Å²) >= 11 is 6.61. The molecule has 3 aromatic carbocycles. The van der Waals surface area contributed by atoms with Crippen LogP contribution in [0.4, 0.5) is 27.4 Å². The van der Waals surface area contributed by atoms with Crippen molar-refractivity contribution in [1.29, 1.82) is 0 Å². The molecule has 2 N–H and O–H groups in total. The van der Waals surface area contributed by atoms with Gasteiger partial charge in [-0.1, -0.05) is 30.3 Å². The number of amides is 1. The predicted octanol–water partition coefficient (Wildman–Crippen LogP) is 5.71. The molecule has 0 spiro atoms. The molecule has 4 aromatic rings. The zero-order valence-electron chi connectivity index (χ0n) is 20.3. The Hall–Kier alpha value is -4.01. The number of hydrogen-bond donors (Lipinski definition) is 2. The summed E-state index contributed by atoms with van der Waals surface area (Å²) in [6.07, 6.45) is 2.88. The van der Waals surface area contributed by atoms with Crippen molar-refractivity contribution in [3.8, 4) is 11.1 Å². The number of carbonyl (C=O) groups is 1. The maximum Gasteiger partial charge on any atom is 0.247 e. The summed E-state index contributed by atoms with van der Waals surface area (Å²) in [6, 6.07) is 16.1. The second-order valence-electron chi connectivity index (χ2n) is 8.91. The van der Waals surface area contributed by atoms with Gasteiger partial charge in [-0.2, -0.15) is 0 Å². The highest BCUT2D eigenvalue weighted by Crippen LogP contribution is 2.36. The number of aromatic nitrogens is 2. The Labute approximate surface area is 219 Å². The van der Waals surface area contributed by atoms with Gasteiger partial charge in [-0.05, 0) is 61.2 Å². The second kappa shape index (κ2) is 10.5. The summed E-state index contributed by atoms with van der Waals surface area (Å²) in [7, 11) is 2.09. The summed E-state index contributed by atoms with van der Waals surface area (Å²) < 4.78 is 15.0. The first-order valence-electron chi connectivity index (χ1n) is 11.9. The highest BCUT2D eigenvalue weighted by atomic mass is 35.5. The van der Waals surface area contributed by atoms with Crippen LogP contribution in [-0.2, 0) is 4.79 Å². The number of likely N-dealkylation sites (N-methyl/N-ethyl adjacent to an activating group) is 1. The van der Waals surface area contributed by atoms with Crippen LogP contribution in [-0.4, -0.2) is 54.0 Å². The molecule has 37 heavy (non-hydrogen) atoms. The van der Waals surface area contributed by atoms with E-state index in [0.29, 0.717) is 21.8 Å². The van der Waals surface area contributed by atoms with Gasteiger partial charge in [0.25, 0.3) is 0 Å². The van der Waals surface area contributed by atoms with Gasteiger partial charge in [-0.15, -0.1) is 0 Å². The van der Waals surface area contributed by atoms with Gasteiger partial charge in [-0.3, -0.25) is 4.79 Å². The van der Waals surface area contributed by atoms with Crippen molar-refractivity contribution in [2.24, 2.45) is 0 Å². The summed E-state index contributed by atoms with van der Waals surface area (Å²) in [6.45, 7) is 7.10. The molecule has 7 nitrogen and oxygen atoms in total. The molecular formula is C28H26ClFN6O. The molecule has 188 valence electrons. The van der Waals surface area contributed by atoms with E-state index >= 15 is 4.39 Å². The lowest BCUT2D eigenvalue weighted by molar-refractivity contribution is -0.111. The predicted molar refractivity (Wildman–Crippen MR) is 148 cm³/mol. The summed E-state index contributed by atoms with van der Waals surface area (Å²) in [5, 5.41) is 7.03. The van der Waals surface area contributed by atoms with Crippen molar-refractivity contribution in [3.05, 3.63) is 84.3 Å². The highest BCUT2D eigenvalue weighted by molar-refractivity contribution is 6.35. The number of halogens is 2. The van der Waals surface area contributed by atoms with Gasteiger partial charge < -0.3 is 20.4 Å². The number of piperazine rings is 1. The fourth-order valence-corrected chi connectivity index (χ4v) is 4.60. The summed E-state index contributed by atoms with van der Waals surface area (Å²) in [5.74, 6) is -0.439. The number of benzene rings is 3. The van der Waals surface area contributed by atoms with E-state index in [-0.39, 0.29) is 23.4 Å². The van der Waals surface area contributed by atoms with Gasteiger partial charge in [0.2, 0.25) is 11.9 Å². The van der Waals surface area contributed by atoms with Gasteiger partial charge in [0, 0.05) is 54.7 Å². The van der Waals surface area contributed by atoms with Crippen LogP contribution in [0.25, 0.3) is 22.0 Å². The molecule has 5 rings (SSSR count). The minimum atomic E-state index is -0.378. The first-order chi connectivity index (χ1) is 17.9. The fourth-order valence-electron chi connectivity index (χ4n) is 4.34. The van der Waals surface area contributed by atoms with E-state index in [1.807, 2.05) is 30.3 Å². The Morgan fingerprint density at radius 3 is 2.68 bits per heavy atom. The van der Waals surface area contributed by atoms with Crippen LogP contribution < -0.4 is 15.5 Å². The SMILES string of the molecule is C=CC(=O)Nc1cccc(-c2c(Cl)ccc3cnc(Nc4ccc(N5CCN(C)CC5)cc4F)nc23)c1. The van der Waals surface area contributed by atoms with E-state index in [1.54, 1.807) is 30.5 Å². The quantitative estimate of drug-likeness (QED) is 0.320. The molecule has 1 saturated heterocycles. The fraction of sp³-hybridized carbons (Fsp3) is 0.179. The Kier molecular flexibility index (Phi) is 7.03. The van der Waals surface area contributed by atoms with Crippen LogP contribution >= 0.6 is 11.6 Å². The second-order valence-corrected chi connectivity index (χ2v) is 9.31. The lowest BCUT2D eigenvalue weighted by Crippen LogP contribution is -2.44. The van der Waals surface area contributed by atoms with Gasteiger partial charge >= 0.3 is 0 Å². The largest absolute Gasteiger partial charge is 0.369 e. The third-order valence-electron chi connectivity index (χ3n) is 6.37. The molecule has 0 aliphatic carbocycles. The van der Waals surface area contributed by atoms with E-state index in [0.717, 1.165) is 42.8 Å². The van der Waals surface area contributed by atoms with Crippen molar-refractivity contribution in [1.82, 2.24) is 14.9 Å². The first kappa shape index (κ1) is 24.7. The average Bonchev–Trinajstić information content (AvgIpc) is 2.90. The van der Waals surface area contributed by atoms with Crippen LogP contribution in [0.5, 0.6) is 0 Å². The molecule has 9 heteroatoms. The van der Waals surface area contributed by atoms with Gasteiger partial charge in [0.1, 0.15) is 5.82 Å². The monoisotopic (exact) mass is 516 g/mol. The van der Waals surface area contributed by atoms with E-state index < -0.39 is 0 Å². The number of hydrogen-bond acceptors (Lipinski definition) is 6. The minimum Gasteiger partial charge on any atom is -0.369 e. The molecule has 1 aromatic heterocycles. The molecule has 2 heterocycles. The maximum atomic E-state index is 15.0. The van der Waals surface area contributed by atoms with E-state index in [1.165, 1.54) is 6.08 Å². The van der Waals surface area contributed by atoms with Crippen molar-refractivity contribution in [2.45, 2.75) is 0 Å². The topological polar surface area (TPSA) is 73.4 Å². The first-order valence-corrected chi connectivity index (χ1v) is 12.3. The van der Waals surface area contributed by atoms with Gasteiger partial charge in [-0.25, -0.2) is 14.4 Å². The number of nitrogens with one attached hydrogen (secondary N) is 2. The van der Waals surface area contributed by atoms with Crippen molar-refractivity contribution < 1.29 is 9.18 Å². The third-order valence-corrected chi connectivity index (χ3v) is 6.69. The zero-order chi connectivity index (χ0) is 25.9. The van der Waals surface area contributed by atoms with Crippen molar-refractivity contribution in [2.75, 3.05) is 48.8 Å². The van der Waals surface area contributed by atoms with Crippen molar-refractivity contribution in [3.63, 3.8) is 0 Å². The number of nitrogens with zero attached hydrogens (tertiary/aromatic N) is 4. The maximum absolute atomic E-state index is 15.0. The molecule has 0 atom stereocenters. The molecule has 0 radical (unpaired) electrons. The lowest BCUT2D eigenvalue weighted by Gasteiger charge is -2.34. The van der Waals surface area contributed by atoms with Crippen molar-refractivity contribution >= 4 is 51.4 Å². The molecule has 1 aliphatic rings. The van der Waals surface area contributed by atoms with E-state index in [4.69, 9.17) is 11.6 Å². The Balaban J connectivity index is 1.46. The highest BCUT2D eigenvalue weighted by Gasteiger charge is 2.17. The summed E-state index contributed by atoms with van der Waals surface area (Å²) in [5.41, 5.74) is 3.80. The van der Waals surface area contributed by atoms with Crippen LogP contribution in [0.1, 0.15) is 0 Å². The number of anilines is 4. The molecule has 0 bridgehead atoms. The van der Waals surface area contributed by atoms with Crippen LogP contribution in [0.3, 0.4) is 0 Å². The Morgan fingerprint density at radius 2 is 1.92 bits per heavy atom. The zero-order valence-corrected chi connectivity index (χ0v) is 21.1. The molecule has 1 amide bonds. The van der Waals surface area contributed by atoms with E-state index in [9.17, 15) is 4.79 Å². The summed E-state index contributed by atoms with van der Waals surface area (Å²) in [4.78, 5) is 25.3. The Bertz CT molecular complexity index is 1490. The molecule has 1 aliphatic heterocycles. The normalized spacial score (nSPS) is 14.0. The molecule has 1 fully saturated rings. The minimum absolute atomic E-state index is 0.248. The van der Waals surface area contributed by atoms with Crippen LogP contribution in [0.15, 0.2) is 73.4 Å². The number of rotatable bonds is 6. The Morgan fingerprint density at radius 1 is 1.11 bits per heavy atom. The van der Waals surface area contributed by atoms with Gasteiger partial charge in [0.15, 0.2) is 0 Å². The number of fused-ring (bicyclic) bond motifs is 1. The van der Waals surface area contributed by atoms with Crippen LogP contribution in [0, 0.1) is 5.82 Å². The smallest absolute Gasteiger partial charge is 0.247 e. The molecule has 0 unspecified atom stereocenters. The molecule has 0 saturated carbocycles. The average molecular weight is 517 g/mol. The third kappa shape index (κ3) is 5.40. The number of carbonyl (C=O) groups excluding carboxylic acids is 1. The van der Waals surface area contributed by atoms with E-state index in [2.05, 4.69) is 44.0 Å². The van der Waals surface area contributed by atoms with Crippen LogP contribution in [0.2, 0.25) is 5.02 Å². The lowest BCUT2D eigenvalue weighted by atomic mass is 10.0. The van der Waals surface area contributed by atoms with Gasteiger partial charge in [0.05, 0.1) is 16.2 Å². The molecular weight excluding hydrogens is 491 g/mol.